The molecule has 1 saturated heterocycles. The first-order valence-corrected chi connectivity index (χ1v) is 13.0. The Hall–Kier alpha value is -3.75. The van der Waals surface area contributed by atoms with Gasteiger partial charge in [0, 0.05) is 27.8 Å². The van der Waals surface area contributed by atoms with Gasteiger partial charge in [-0.15, -0.1) is 0 Å². The zero-order valence-corrected chi connectivity index (χ0v) is 22.1. The fourth-order valence-corrected chi connectivity index (χ4v) is 5.21. The molecule has 8 nitrogen and oxygen atoms in total. The van der Waals surface area contributed by atoms with Crippen molar-refractivity contribution in [1.29, 1.82) is 0 Å². The average molecular weight is 533 g/mol. The molecular weight excluding hydrogens is 504 g/mol. The number of benzene rings is 2. The minimum atomic E-state index is -0.611. The third kappa shape index (κ3) is 4.77. The van der Waals surface area contributed by atoms with E-state index in [-0.39, 0.29) is 35.4 Å². The maximum atomic E-state index is 13.9. The highest BCUT2D eigenvalue weighted by Crippen LogP contribution is 2.34. The maximum absolute atomic E-state index is 13.9. The number of amides is 1. The number of carbonyl (C=O) groups is 2. The molecule has 5 rings (SSSR count). The molecule has 0 bridgehead atoms. The Morgan fingerprint density at radius 2 is 1.84 bits per heavy atom. The number of primary amides is 1. The van der Waals surface area contributed by atoms with E-state index in [1.54, 1.807) is 28.9 Å². The molecule has 196 valence electrons. The van der Waals surface area contributed by atoms with Gasteiger partial charge in [-0.25, -0.2) is 0 Å². The normalized spacial score (nSPS) is 14.4. The van der Waals surface area contributed by atoms with Gasteiger partial charge in [-0.05, 0) is 41.6 Å². The van der Waals surface area contributed by atoms with Crippen LogP contribution in [0.3, 0.4) is 0 Å². The van der Waals surface area contributed by atoms with Gasteiger partial charge in [0.2, 0.25) is 0 Å². The number of pyridine rings is 1. The van der Waals surface area contributed by atoms with Crippen molar-refractivity contribution in [1.82, 2.24) is 14.3 Å². The molecule has 38 heavy (non-hydrogen) atoms. The number of nitrogens with two attached hydrogens (primary N) is 1. The summed E-state index contributed by atoms with van der Waals surface area (Å²) in [5.74, 6) is -0.764. The van der Waals surface area contributed by atoms with E-state index in [1.807, 2.05) is 37.3 Å². The summed E-state index contributed by atoms with van der Waals surface area (Å²) in [6.07, 6.45) is 0.890. The van der Waals surface area contributed by atoms with Crippen molar-refractivity contribution >= 4 is 34.1 Å². The predicted octanol–water partition coefficient (Wildman–Crippen LogP) is 4.68. The second kappa shape index (κ2) is 10.2. The van der Waals surface area contributed by atoms with Gasteiger partial charge in [-0.2, -0.15) is 5.10 Å². The van der Waals surface area contributed by atoms with Gasteiger partial charge in [0.05, 0.1) is 37.7 Å². The van der Waals surface area contributed by atoms with E-state index in [4.69, 9.17) is 22.1 Å². The number of ether oxygens (including phenoxy) is 1. The Morgan fingerprint density at radius 1 is 1.11 bits per heavy atom. The first-order chi connectivity index (χ1) is 18.2. The van der Waals surface area contributed by atoms with E-state index in [0.29, 0.717) is 58.9 Å². The summed E-state index contributed by atoms with van der Waals surface area (Å²) in [5, 5.41) is 6.17. The van der Waals surface area contributed by atoms with E-state index < -0.39 is 5.91 Å². The standard InChI is InChI=1S/C29H29ClN4O4/c1-3-7-24(35)26-25(18-8-5-4-6-9-18)22-12-19(30)10-11-21(22)28(37)33(26)14-20-13-23(27(31)36)34(32-20)15-29(2)16-38-17-29/h4-6,8-13H,3,7,14-17H2,1-2H3,(H2,31,36). The monoisotopic (exact) mass is 532 g/mol. The molecule has 0 atom stereocenters. The molecule has 0 unspecified atom stereocenters. The predicted molar refractivity (Wildman–Crippen MR) is 147 cm³/mol. The molecular formula is C29H29ClN4O4. The summed E-state index contributed by atoms with van der Waals surface area (Å²) in [4.78, 5) is 39.8. The molecule has 0 aliphatic carbocycles. The summed E-state index contributed by atoms with van der Waals surface area (Å²) in [5.41, 5.74) is 7.64. The number of Topliss-reactive ketones (excluding diaryl/α,β-unsaturated/α-hetero) is 1. The van der Waals surface area contributed by atoms with Gasteiger partial charge in [-0.1, -0.05) is 55.8 Å². The topological polar surface area (TPSA) is 109 Å². The lowest BCUT2D eigenvalue weighted by molar-refractivity contribution is -0.111. The molecule has 2 aromatic carbocycles. The van der Waals surface area contributed by atoms with Gasteiger partial charge in [0.1, 0.15) is 5.69 Å². The van der Waals surface area contributed by atoms with Gasteiger partial charge in [0.15, 0.2) is 5.78 Å². The highest BCUT2D eigenvalue weighted by atomic mass is 35.5. The lowest BCUT2D eigenvalue weighted by Gasteiger charge is -2.38. The van der Waals surface area contributed by atoms with Crippen LogP contribution in [0.25, 0.3) is 21.9 Å². The maximum Gasteiger partial charge on any atom is 0.266 e. The van der Waals surface area contributed by atoms with Crippen LogP contribution in [0.4, 0.5) is 0 Å². The molecule has 1 aliphatic rings. The van der Waals surface area contributed by atoms with Crippen LogP contribution in [0.1, 0.15) is 53.4 Å². The lowest BCUT2D eigenvalue weighted by atomic mass is 9.89. The van der Waals surface area contributed by atoms with Crippen molar-refractivity contribution in [2.24, 2.45) is 11.1 Å². The van der Waals surface area contributed by atoms with Crippen LogP contribution in [-0.4, -0.2) is 39.3 Å². The van der Waals surface area contributed by atoms with Crippen molar-refractivity contribution in [2.45, 2.75) is 39.8 Å². The molecule has 4 aromatic rings. The van der Waals surface area contributed by atoms with E-state index in [0.717, 1.165) is 5.56 Å². The number of nitrogens with zero attached hydrogens (tertiary/aromatic N) is 3. The van der Waals surface area contributed by atoms with Crippen LogP contribution in [0.2, 0.25) is 5.02 Å². The third-order valence-corrected chi connectivity index (χ3v) is 7.11. The van der Waals surface area contributed by atoms with Gasteiger partial charge in [-0.3, -0.25) is 23.6 Å². The summed E-state index contributed by atoms with van der Waals surface area (Å²) in [6.45, 7) is 5.55. The van der Waals surface area contributed by atoms with Crippen molar-refractivity contribution in [2.75, 3.05) is 13.2 Å². The number of halogens is 1. The number of hydrogen-bond acceptors (Lipinski definition) is 5. The second-order valence-corrected chi connectivity index (χ2v) is 10.6. The van der Waals surface area contributed by atoms with Crippen LogP contribution in [0, 0.1) is 5.41 Å². The molecule has 0 spiro atoms. The Labute approximate surface area is 225 Å². The summed E-state index contributed by atoms with van der Waals surface area (Å²) in [6, 6.07) is 16.2. The minimum absolute atomic E-state index is 0.00250. The largest absolute Gasteiger partial charge is 0.380 e. The third-order valence-electron chi connectivity index (χ3n) is 6.87. The van der Waals surface area contributed by atoms with E-state index in [1.165, 1.54) is 4.57 Å². The Morgan fingerprint density at radius 3 is 2.47 bits per heavy atom. The Balaban J connectivity index is 1.74. The molecule has 0 radical (unpaired) electrons. The summed E-state index contributed by atoms with van der Waals surface area (Å²) < 4.78 is 8.40. The zero-order valence-electron chi connectivity index (χ0n) is 21.4. The summed E-state index contributed by atoms with van der Waals surface area (Å²) >= 11 is 6.35. The van der Waals surface area contributed by atoms with Crippen molar-refractivity contribution in [3.8, 4) is 11.1 Å². The fourth-order valence-electron chi connectivity index (χ4n) is 5.03. The first kappa shape index (κ1) is 25.9. The van der Waals surface area contributed by atoms with Crippen molar-refractivity contribution in [3.63, 3.8) is 0 Å². The number of ketones is 1. The molecule has 2 N–H and O–H groups in total. The fraction of sp³-hybridized carbons (Fsp3) is 0.310. The molecule has 1 amide bonds. The van der Waals surface area contributed by atoms with Crippen LogP contribution in [-0.2, 0) is 17.8 Å². The highest BCUT2D eigenvalue weighted by molar-refractivity contribution is 6.31. The SMILES string of the molecule is CCCC(=O)c1c(-c2ccccc2)c2cc(Cl)ccc2c(=O)n1Cc1cc(C(N)=O)n(CC2(C)COC2)n1. The molecule has 3 heterocycles. The number of fused-ring (bicyclic) bond motifs is 1. The van der Waals surface area contributed by atoms with Crippen LogP contribution in [0.15, 0.2) is 59.4 Å². The number of rotatable bonds is 9. The molecule has 1 fully saturated rings. The highest BCUT2D eigenvalue weighted by Gasteiger charge is 2.35. The van der Waals surface area contributed by atoms with E-state index in [2.05, 4.69) is 12.0 Å². The lowest BCUT2D eigenvalue weighted by Crippen LogP contribution is -2.44. The minimum Gasteiger partial charge on any atom is -0.380 e. The number of aromatic nitrogens is 3. The van der Waals surface area contributed by atoms with Gasteiger partial charge < -0.3 is 10.5 Å². The second-order valence-electron chi connectivity index (χ2n) is 10.2. The number of carbonyl (C=O) groups excluding carboxylic acids is 2. The zero-order chi connectivity index (χ0) is 27.0. The molecule has 2 aromatic heterocycles. The Bertz CT molecular complexity index is 1600. The van der Waals surface area contributed by atoms with Crippen LogP contribution in [0.5, 0.6) is 0 Å². The molecule has 0 saturated carbocycles. The van der Waals surface area contributed by atoms with E-state index >= 15 is 0 Å². The van der Waals surface area contributed by atoms with Gasteiger partial charge >= 0.3 is 0 Å². The van der Waals surface area contributed by atoms with Gasteiger partial charge in [0.25, 0.3) is 11.5 Å². The Kier molecular flexibility index (Phi) is 6.94. The average Bonchev–Trinajstić information content (AvgIpc) is 3.27. The summed E-state index contributed by atoms with van der Waals surface area (Å²) in [7, 11) is 0. The molecule has 1 aliphatic heterocycles. The number of hydrogen-bond donors (Lipinski definition) is 1. The first-order valence-electron chi connectivity index (χ1n) is 12.6. The smallest absolute Gasteiger partial charge is 0.266 e. The van der Waals surface area contributed by atoms with Crippen LogP contribution >= 0.6 is 11.6 Å². The molecule has 9 heteroatoms. The van der Waals surface area contributed by atoms with E-state index in [9.17, 15) is 14.4 Å². The van der Waals surface area contributed by atoms with Crippen molar-refractivity contribution in [3.05, 3.63) is 87.1 Å². The quantitative estimate of drug-likeness (QED) is 0.315. The van der Waals surface area contributed by atoms with Crippen molar-refractivity contribution < 1.29 is 14.3 Å². The van der Waals surface area contributed by atoms with Crippen LogP contribution < -0.4 is 11.3 Å².